The molecule has 1 aliphatic rings. The Morgan fingerprint density at radius 1 is 1.20 bits per heavy atom. The summed E-state index contributed by atoms with van der Waals surface area (Å²) < 4.78 is 5.47. The third kappa shape index (κ3) is 4.32. The van der Waals surface area contributed by atoms with Gasteiger partial charge in [-0.05, 0) is 30.7 Å². The van der Waals surface area contributed by atoms with Gasteiger partial charge in [0.05, 0.1) is 5.92 Å². The molecule has 8 heteroatoms. The highest BCUT2D eigenvalue weighted by Crippen LogP contribution is 2.32. The van der Waals surface area contributed by atoms with E-state index < -0.39 is 0 Å². The molecule has 30 heavy (non-hydrogen) atoms. The van der Waals surface area contributed by atoms with E-state index >= 15 is 0 Å². The minimum absolute atomic E-state index is 0.0373. The van der Waals surface area contributed by atoms with Crippen molar-refractivity contribution in [2.24, 2.45) is 0 Å². The average molecular weight is 405 g/mol. The van der Waals surface area contributed by atoms with Crippen molar-refractivity contribution in [3.8, 4) is 11.4 Å². The van der Waals surface area contributed by atoms with Crippen molar-refractivity contribution in [2.45, 2.75) is 25.7 Å². The number of para-hydroxylation sites is 1. The van der Waals surface area contributed by atoms with E-state index in [1.54, 1.807) is 17.0 Å². The number of amides is 3. The number of urea groups is 1. The number of anilines is 2. The molecule has 3 amide bonds. The second kappa shape index (κ2) is 8.77. The van der Waals surface area contributed by atoms with Gasteiger partial charge in [-0.1, -0.05) is 42.4 Å². The zero-order valence-electron chi connectivity index (χ0n) is 16.7. The third-order valence-electron chi connectivity index (χ3n) is 4.90. The van der Waals surface area contributed by atoms with Crippen LogP contribution in [0.3, 0.4) is 0 Å². The fourth-order valence-electron chi connectivity index (χ4n) is 3.40. The van der Waals surface area contributed by atoms with Gasteiger partial charge in [-0.25, -0.2) is 4.79 Å². The van der Waals surface area contributed by atoms with Gasteiger partial charge < -0.3 is 20.1 Å². The molecule has 8 nitrogen and oxygen atoms in total. The van der Waals surface area contributed by atoms with Crippen LogP contribution >= 0.6 is 0 Å². The topological polar surface area (TPSA) is 100 Å². The molecule has 1 aliphatic heterocycles. The fourth-order valence-corrected chi connectivity index (χ4v) is 3.40. The van der Waals surface area contributed by atoms with Gasteiger partial charge in [-0.2, -0.15) is 4.98 Å². The number of nitrogens with zero attached hydrogens (tertiary/aromatic N) is 3. The number of carbonyl (C=O) groups excluding carboxylic acids is 2. The fraction of sp³-hybridized carbons (Fsp3) is 0.273. The van der Waals surface area contributed by atoms with Crippen LogP contribution in [0.1, 0.15) is 31.6 Å². The van der Waals surface area contributed by atoms with Crippen LogP contribution < -0.4 is 15.5 Å². The van der Waals surface area contributed by atoms with Gasteiger partial charge >= 0.3 is 6.03 Å². The number of nitrogens with one attached hydrogen (secondary N) is 2. The Hall–Kier alpha value is -3.68. The maximum Gasteiger partial charge on any atom is 0.319 e. The van der Waals surface area contributed by atoms with E-state index in [9.17, 15) is 9.59 Å². The third-order valence-corrected chi connectivity index (χ3v) is 4.90. The molecule has 3 aromatic rings. The Bertz CT molecular complexity index is 1030. The van der Waals surface area contributed by atoms with E-state index in [0.717, 1.165) is 17.7 Å². The van der Waals surface area contributed by atoms with Crippen molar-refractivity contribution < 1.29 is 14.1 Å². The molecule has 0 bridgehead atoms. The maximum atomic E-state index is 12.4. The molecule has 1 fully saturated rings. The van der Waals surface area contributed by atoms with Gasteiger partial charge in [0.1, 0.15) is 0 Å². The molecule has 0 radical (unpaired) electrons. The van der Waals surface area contributed by atoms with E-state index in [4.69, 9.17) is 4.52 Å². The number of aromatic nitrogens is 2. The van der Waals surface area contributed by atoms with Gasteiger partial charge in [0.2, 0.25) is 17.6 Å². The lowest BCUT2D eigenvalue weighted by Gasteiger charge is -2.15. The average Bonchev–Trinajstić information content (AvgIpc) is 3.40. The van der Waals surface area contributed by atoms with Crippen LogP contribution in [0.5, 0.6) is 0 Å². The summed E-state index contributed by atoms with van der Waals surface area (Å²) in [5.41, 5.74) is 2.23. The highest BCUT2D eigenvalue weighted by atomic mass is 16.5. The van der Waals surface area contributed by atoms with Gasteiger partial charge in [0.15, 0.2) is 0 Å². The molecule has 1 atom stereocenters. The van der Waals surface area contributed by atoms with Crippen molar-refractivity contribution in [3.05, 3.63) is 60.5 Å². The number of hydrogen-bond donors (Lipinski definition) is 2. The van der Waals surface area contributed by atoms with E-state index in [2.05, 4.69) is 20.8 Å². The van der Waals surface area contributed by atoms with Gasteiger partial charge in [0.25, 0.3) is 0 Å². The maximum absolute atomic E-state index is 12.4. The molecule has 1 saturated heterocycles. The van der Waals surface area contributed by atoms with Crippen molar-refractivity contribution in [2.75, 3.05) is 23.3 Å². The first kappa shape index (κ1) is 19.6. The molecule has 2 N–H and O–H groups in total. The van der Waals surface area contributed by atoms with Crippen molar-refractivity contribution in [1.29, 1.82) is 0 Å². The molecular weight excluding hydrogens is 382 g/mol. The van der Waals surface area contributed by atoms with E-state index in [1.807, 2.05) is 49.4 Å². The predicted octanol–water partition coefficient (Wildman–Crippen LogP) is 3.79. The second-order valence-corrected chi connectivity index (χ2v) is 7.16. The first-order chi connectivity index (χ1) is 14.6. The van der Waals surface area contributed by atoms with Crippen LogP contribution in [0.25, 0.3) is 11.4 Å². The molecule has 2 heterocycles. The smallest absolute Gasteiger partial charge is 0.319 e. The summed E-state index contributed by atoms with van der Waals surface area (Å²) in [7, 11) is 0. The molecular formula is C22H23N5O3. The lowest BCUT2D eigenvalue weighted by atomic mass is 10.1. The highest BCUT2D eigenvalue weighted by molar-refractivity contribution is 5.96. The molecule has 154 valence electrons. The molecule has 0 spiro atoms. The first-order valence-electron chi connectivity index (χ1n) is 9.98. The normalized spacial score (nSPS) is 16.0. The van der Waals surface area contributed by atoms with Crippen molar-refractivity contribution in [3.63, 3.8) is 0 Å². The van der Waals surface area contributed by atoms with Crippen molar-refractivity contribution in [1.82, 2.24) is 15.5 Å². The van der Waals surface area contributed by atoms with Crippen LogP contribution in [0.2, 0.25) is 0 Å². The summed E-state index contributed by atoms with van der Waals surface area (Å²) in [6.45, 7) is 3.11. The predicted molar refractivity (Wildman–Crippen MR) is 113 cm³/mol. The summed E-state index contributed by atoms with van der Waals surface area (Å²) in [6, 6.07) is 16.5. The van der Waals surface area contributed by atoms with Gasteiger partial charge in [0, 0.05) is 36.4 Å². The quantitative estimate of drug-likeness (QED) is 0.650. The number of carbonyl (C=O) groups is 2. The Labute approximate surface area is 174 Å². The lowest BCUT2D eigenvalue weighted by molar-refractivity contribution is -0.117. The molecule has 2 aromatic carbocycles. The summed E-state index contributed by atoms with van der Waals surface area (Å²) in [5, 5.41) is 9.64. The molecule has 0 unspecified atom stereocenters. The summed E-state index contributed by atoms with van der Waals surface area (Å²) in [6.07, 6.45) is 1.19. The largest absolute Gasteiger partial charge is 0.339 e. The highest BCUT2D eigenvalue weighted by Gasteiger charge is 2.35. The van der Waals surface area contributed by atoms with Gasteiger partial charge in [-0.15, -0.1) is 0 Å². The minimum atomic E-state index is -0.256. The molecule has 1 aromatic heterocycles. The number of rotatable bonds is 6. The van der Waals surface area contributed by atoms with Crippen LogP contribution in [0, 0.1) is 0 Å². The molecule has 0 saturated carbocycles. The van der Waals surface area contributed by atoms with Crippen LogP contribution in [-0.2, 0) is 4.79 Å². The SMILES string of the molecule is CCCNC(=O)Nc1cccc(-c2noc([C@@H]3CC(=O)N(c4ccccc4)C3)n2)c1. The van der Waals surface area contributed by atoms with Crippen molar-refractivity contribution >= 4 is 23.3 Å². The Balaban J connectivity index is 1.46. The van der Waals surface area contributed by atoms with E-state index in [-0.39, 0.29) is 17.9 Å². The number of benzene rings is 2. The Kier molecular flexibility index (Phi) is 5.74. The lowest BCUT2D eigenvalue weighted by Crippen LogP contribution is -2.29. The van der Waals surface area contributed by atoms with Crippen LogP contribution in [0.15, 0.2) is 59.1 Å². The van der Waals surface area contributed by atoms with Gasteiger partial charge in [-0.3, -0.25) is 4.79 Å². The van der Waals surface area contributed by atoms with Crippen LogP contribution in [-0.4, -0.2) is 35.2 Å². The summed E-state index contributed by atoms with van der Waals surface area (Å²) in [5.74, 6) is 0.749. The minimum Gasteiger partial charge on any atom is -0.339 e. The monoisotopic (exact) mass is 405 g/mol. The van der Waals surface area contributed by atoms with E-state index in [0.29, 0.717) is 36.9 Å². The number of hydrogen-bond acceptors (Lipinski definition) is 5. The Morgan fingerprint density at radius 3 is 2.83 bits per heavy atom. The second-order valence-electron chi connectivity index (χ2n) is 7.16. The zero-order chi connectivity index (χ0) is 20.9. The first-order valence-corrected chi connectivity index (χ1v) is 9.98. The Morgan fingerprint density at radius 2 is 2.03 bits per heavy atom. The molecule has 4 rings (SSSR count). The summed E-state index contributed by atoms with van der Waals surface area (Å²) >= 11 is 0. The van der Waals surface area contributed by atoms with E-state index in [1.165, 1.54) is 0 Å². The van der Waals surface area contributed by atoms with Crippen LogP contribution in [0.4, 0.5) is 16.2 Å². The zero-order valence-corrected chi connectivity index (χ0v) is 16.7. The summed E-state index contributed by atoms with van der Waals surface area (Å²) in [4.78, 5) is 30.6. The molecule has 0 aliphatic carbocycles. The standard InChI is InChI=1S/C22H23N5O3/c1-2-11-23-22(29)24-17-8-6-7-15(12-17)20-25-21(30-26-20)16-13-19(28)27(14-16)18-9-4-3-5-10-18/h3-10,12,16H,2,11,13-14H2,1H3,(H2,23,24,29)/t16-/m1/s1.